The van der Waals surface area contributed by atoms with Crippen LogP contribution >= 0.6 is 0 Å². The normalized spacial score (nSPS) is 10.1. The summed E-state index contributed by atoms with van der Waals surface area (Å²) in [4.78, 5) is 16.8. The molecular formula is C21H21N3O4. The van der Waals surface area contributed by atoms with Crippen LogP contribution in [0.25, 0.3) is 0 Å². The van der Waals surface area contributed by atoms with E-state index in [1.807, 2.05) is 12.1 Å². The summed E-state index contributed by atoms with van der Waals surface area (Å²) in [6.45, 7) is 0. The molecule has 0 aliphatic carbocycles. The molecule has 2 aromatic carbocycles. The number of nitrogens with zero attached hydrogens (tertiary/aromatic N) is 1. The highest BCUT2D eigenvalue weighted by Crippen LogP contribution is 2.27. The molecule has 0 aliphatic heterocycles. The van der Waals surface area contributed by atoms with Crippen molar-refractivity contribution in [3.63, 3.8) is 0 Å². The molecule has 0 spiro atoms. The molecule has 7 nitrogen and oxygen atoms in total. The van der Waals surface area contributed by atoms with Crippen molar-refractivity contribution < 1.29 is 19.0 Å². The fourth-order valence-corrected chi connectivity index (χ4v) is 2.55. The van der Waals surface area contributed by atoms with E-state index in [4.69, 9.17) is 14.2 Å². The molecule has 1 amide bonds. The molecule has 144 valence electrons. The molecule has 7 heteroatoms. The Morgan fingerprint density at radius 3 is 2.04 bits per heavy atom. The summed E-state index contributed by atoms with van der Waals surface area (Å²) >= 11 is 0. The average Bonchev–Trinajstić information content (AvgIpc) is 2.74. The summed E-state index contributed by atoms with van der Waals surface area (Å²) in [5.74, 6) is 2.31. The van der Waals surface area contributed by atoms with Crippen LogP contribution in [0, 0.1) is 0 Å². The number of nitrogens with one attached hydrogen (secondary N) is 2. The first-order valence-corrected chi connectivity index (χ1v) is 8.53. The Morgan fingerprint density at radius 1 is 0.786 bits per heavy atom. The lowest BCUT2D eigenvalue weighted by Crippen LogP contribution is -2.12. The molecule has 0 saturated carbocycles. The minimum absolute atomic E-state index is 0.237. The van der Waals surface area contributed by atoms with E-state index in [2.05, 4.69) is 15.6 Å². The van der Waals surface area contributed by atoms with E-state index in [9.17, 15) is 4.79 Å². The Labute approximate surface area is 163 Å². The zero-order valence-electron chi connectivity index (χ0n) is 15.9. The number of hydrogen-bond acceptors (Lipinski definition) is 6. The van der Waals surface area contributed by atoms with E-state index in [1.165, 1.54) is 0 Å². The van der Waals surface area contributed by atoms with Crippen molar-refractivity contribution in [3.05, 3.63) is 66.4 Å². The van der Waals surface area contributed by atoms with Gasteiger partial charge in [0.2, 0.25) is 0 Å². The van der Waals surface area contributed by atoms with Crippen LogP contribution in [-0.2, 0) is 0 Å². The highest BCUT2D eigenvalue weighted by Gasteiger charge is 2.09. The van der Waals surface area contributed by atoms with Crippen molar-refractivity contribution >= 4 is 23.1 Å². The molecule has 0 saturated heterocycles. The third-order valence-electron chi connectivity index (χ3n) is 3.99. The molecule has 3 aromatic rings. The van der Waals surface area contributed by atoms with Gasteiger partial charge in [-0.05, 0) is 36.4 Å². The summed E-state index contributed by atoms with van der Waals surface area (Å²) in [6, 6.07) is 15.8. The topological polar surface area (TPSA) is 81.7 Å². The van der Waals surface area contributed by atoms with E-state index in [1.54, 1.807) is 70.0 Å². The molecule has 1 aromatic heterocycles. The first-order chi connectivity index (χ1) is 13.6. The second-order valence-electron chi connectivity index (χ2n) is 5.84. The lowest BCUT2D eigenvalue weighted by atomic mass is 10.2. The van der Waals surface area contributed by atoms with Crippen LogP contribution in [0.15, 0.2) is 60.8 Å². The number of benzene rings is 2. The standard InChI is InChI=1S/C21H21N3O4/c1-26-17-6-4-15(5-7-17)24-21(25)14-8-9-22-20(10-14)23-16-11-18(27-2)13-19(12-16)28-3/h4-13H,1-3H3,(H,22,23)(H,24,25). The van der Waals surface area contributed by atoms with Gasteiger partial charge in [-0.1, -0.05) is 0 Å². The summed E-state index contributed by atoms with van der Waals surface area (Å²) < 4.78 is 15.6. The number of anilines is 3. The molecule has 28 heavy (non-hydrogen) atoms. The van der Waals surface area contributed by atoms with E-state index in [-0.39, 0.29) is 5.91 Å². The number of methoxy groups -OCH3 is 3. The van der Waals surface area contributed by atoms with Gasteiger partial charge in [-0.2, -0.15) is 0 Å². The van der Waals surface area contributed by atoms with Gasteiger partial charge in [0.05, 0.1) is 21.3 Å². The zero-order valence-corrected chi connectivity index (χ0v) is 15.9. The van der Waals surface area contributed by atoms with Crippen molar-refractivity contribution in [1.82, 2.24) is 4.98 Å². The van der Waals surface area contributed by atoms with E-state index >= 15 is 0 Å². The van der Waals surface area contributed by atoms with Crippen LogP contribution < -0.4 is 24.8 Å². The molecule has 0 bridgehead atoms. The van der Waals surface area contributed by atoms with Gasteiger partial charge < -0.3 is 24.8 Å². The molecule has 0 unspecified atom stereocenters. The number of amides is 1. The Bertz CT molecular complexity index is 936. The molecule has 0 radical (unpaired) electrons. The van der Waals surface area contributed by atoms with Gasteiger partial charge in [0.25, 0.3) is 5.91 Å². The van der Waals surface area contributed by atoms with Crippen molar-refractivity contribution in [3.8, 4) is 17.2 Å². The average molecular weight is 379 g/mol. The smallest absolute Gasteiger partial charge is 0.255 e. The summed E-state index contributed by atoms with van der Waals surface area (Å²) in [6.07, 6.45) is 1.57. The molecule has 2 N–H and O–H groups in total. The minimum Gasteiger partial charge on any atom is -0.497 e. The summed E-state index contributed by atoms with van der Waals surface area (Å²) in [5, 5.41) is 6.01. The van der Waals surface area contributed by atoms with Gasteiger partial charge in [-0.25, -0.2) is 4.98 Å². The number of carbonyl (C=O) groups is 1. The fourth-order valence-electron chi connectivity index (χ4n) is 2.55. The van der Waals surface area contributed by atoms with Gasteiger partial charge in [0, 0.05) is 41.3 Å². The highest BCUT2D eigenvalue weighted by molar-refractivity contribution is 6.04. The Hall–Kier alpha value is -3.74. The van der Waals surface area contributed by atoms with Crippen LogP contribution in [0.1, 0.15) is 10.4 Å². The van der Waals surface area contributed by atoms with Crippen LogP contribution in [0.2, 0.25) is 0 Å². The van der Waals surface area contributed by atoms with E-state index in [0.29, 0.717) is 28.6 Å². The lowest BCUT2D eigenvalue weighted by molar-refractivity contribution is 0.102. The quantitative estimate of drug-likeness (QED) is 0.643. The van der Waals surface area contributed by atoms with Crippen molar-refractivity contribution in [2.75, 3.05) is 32.0 Å². The summed E-state index contributed by atoms with van der Waals surface area (Å²) in [5.41, 5.74) is 1.88. The van der Waals surface area contributed by atoms with E-state index in [0.717, 1.165) is 11.4 Å². The largest absolute Gasteiger partial charge is 0.497 e. The first kappa shape index (κ1) is 19.0. The maximum absolute atomic E-state index is 12.5. The first-order valence-electron chi connectivity index (χ1n) is 8.53. The van der Waals surface area contributed by atoms with Crippen LogP contribution in [0.5, 0.6) is 17.2 Å². The van der Waals surface area contributed by atoms with Crippen LogP contribution in [0.4, 0.5) is 17.2 Å². The zero-order chi connectivity index (χ0) is 19.9. The second-order valence-corrected chi connectivity index (χ2v) is 5.84. The van der Waals surface area contributed by atoms with Gasteiger partial charge in [0.15, 0.2) is 0 Å². The maximum atomic E-state index is 12.5. The fraction of sp³-hybridized carbons (Fsp3) is 0.143. The van der Waals surface area contributed by atoms with Gasteiger partial charge in [-0.15, -0.1) is 0 Å². The van der Waals surface area contributed by atoms with Gasteiger partial charge in [-0.3, -0.25) is 4.79 Å². The van der Waals surface area contributed by atoms with Crippen molar-refractivity contribution in [2.45, 2.75) is 0 Å². The van der Waals surface area contributed by atoms with E-state index < -0.39 is 0 Å². The number of hydrogen-bond donors (Lipinski definition) is 2. The third-order valence-corrected chi connectivity index (χ3v) is 3.99. The minimum atomic E-state index is -0.237. The summed E-state index contributed by atoms with van der Waals surface area (Å²) in [7, 11) is 4.76. The highest BCUT2D eigenvalue weighted by atomic mass is 16.5. The number of carbonyl (C=O) groups excluding carboxylic acids is 1. The predicted octanol–water partition coefficient (Wildman–Crippen LogP) is 4.10. The Morgan fingerprint density at radius 2 is 1.43 bits per heavy atom. The number of ether oxygens (including phenoxy) is 3. The van der Waals surface area contributed by atoms with Crippen LogP contribution in [0.3, 0.4) is 0 Å². The number of rotatable bonds is 7. The SMILES string of the molecule is COc1ccc(NC(=O)c2ccnc(Nc3cc(OC)cc(OC)c3)c2)cc1. The molecule has 0 atom stereocenters. The molecular weight excluding hydrogens is 358 g/mol. The Balaban J connectivity index is 1.75. The Kier molecular flexibility index (Phi) is 5.96. The molecule has 3 rings (SSSR count). The third kappa shape index (κ3) is 4.70. The second kappa shape index (κ2) is 8.77. The number of pyridine rings is 1. The molecule has 0 fully saturated rings. The molecule has 1 heterocycles. The predicted molar refractivity (Wildman–Crippen MR) is 108 cm³/mol. The maximum Gasteiger partial charge on any atom is 0.255 e. The number of aromatic nitrogens is 1. The lowest BCUT2D eigenvalue weighted by Gasteiger charge is -2.11. The monoisotopic (exact) mass is 379 g/mol. The van der Waals surface area contributed by atoms with Crippen LogP contribution in [-0.4, -0.2) is 32.2 Å². The van der Waals surface area contributed by atoms with Crippen molar-refractivity contribution in [2.24, 2.45) is 0 Å². The van der Waals surface area contributed by atoms with Gasteiger partial charge in [0.1, 0.15) is 23.1 Å². The van der Waals surface area contributed by atoms with Crippen molar-refractivity contribution in [1.29, 1.82) is 0 Å². The molecule has 0 aliphatic rings. The van der Waals surface area contributed by atoms with Gasteiger partial charge >= 0.3 is 0 Å².